The Morgan fingerprint density at radius 1 is 0.900 bits per heavy atom. The Morgan fingerprint density at radius 3 is 2.35 bits per heavy atom. The molecule has 2 amide bonds. The molecule has 1 atom stereocenters. The molecule has 4 aromatic rings. The summed E-state index contributed by atoms with van der Waals surface area (Å²) in [7, 11) is 0. The van der Waals surface area contributed by atoms with Gasteiger partial charge in [-0.15, -0.1) is 0 Å². The fourth-order valence-corrected chi connectivity index (χ4v) is 5.29. The van der Waals surface area contributed by atoms with Gasteiger partial charge in [-0.2, -0.15) is 0 Å². The van der Waals surface area contributed by atoms with Crippen LogP contribution in [0.15, 0.2) is 89.4 Å². The van der Waals surface area contributed by atoms with Crippen LogP contribution in [0.3, 0.4) is 0 Å². The first-order valence-corrected chi connectivity index (χ1v) is 14.6. The molecule has 5 nitrogen and oxygen atoms in total. The Hall–Kier alpha value is -3.06. The lowest BCUT2D eigenvalue weighted by Gasteiger charge is -2.32. The van der Waals surface area contributed by atoms with E-state index < -0.39 is 6.04 Å². The lowest BCUT2D eigenvalue weighted by atomic mass is 10.0. The van der Waals surface area contributed by atoms with Crippen LogP contribution in [0, 0.1) is 5.92 Å². The number of amides is 2. The number of rotatable bonds is 11. The molecule has 0 bridgehead atoms. The van der Waals surface area contributed by atoms with Crippen molar-refractivity contribution in [3.05, 3.63) is 111 Å². The predicted octanol–water partition coefficient (Wildman–Crippen LogP) is 7.70. The van der Waals surface area contributed by atoms with E-state index in [4.69, 9.17) is 27.9 Å². The average molecular weight is 642 g/mol. The van der Waals surface area contributed by atoms with Gasteiger partial charge < -0.3 is 15.0 Å². The maximum absolute atomic E-state index is 13.9. The number of hydrogen-bond acceptors (Lipinski definition) is 3. The van der Waals surface area contributed by atoms with Gasteiger partial charge in [0.1, 0.15) is 11.8 Å². The number of nitrogens with one attached hydrogen (secondary N) is 1. The molecule has 0 radical (unpaired) electrons. The number of fused-ring (bicyclic) bond motifs is 1. The second-order valence-corrected chi connectivity index (χ2v) is 11.6. The van der Waals surface area contributed by atoms with Gasteiger partial charge in [-0.1, -0.05) is 104 Å². The molecule has 0 saturated carbocycles. The van der Waals surface area contributed by atoms with E-state index in [0.717, 1.165) is 26.4 Å². The molecule has 1 N–H and O–H groups in total. The Balaban J connectivity index is 1.65. The van der Waals surface area contributed by atoms with Gasteiger partial charge >= 0.3 is 0 Å². The lowest BCUT2D eigenvalue weighted by molar-refractivity contribution is -0.142. The third kappa shape index (κ3) is 7.78. The first-order valence-electron chi connectivity index (χ1n) is 13.1. The molecule has 40 heavy (non-hydrogen) atoms. The van der Waals surface area contributed by atoms with Crippen molar-refractivity contribution in [3.63, 3.8) is 0 Å². The van der Waals surface area contributed by atoms with Gasteiger partial charge in [-0.3, -0.25) is 9.59 Å². The van der Waals surface area contributed by atoms with E-state index in [1.54, 1.807) is 23.1 Å². The lowest BCUT2D eigenvalue weighted by Crippen LogP contribution is -2.52. The number of carbonyl (C=O) groups is 2. The topological polar surface area (TPSA) is 58.6 Å². The highest BCUT2D eigenvalue weighted by atomic mass is 79.9. The molecule has 0 fully saturated rings. The van der Waals surface area contributed by atoms with E-state index in [0.29, 0.717) is 28.8 Å². The Kier molecular flexibility index (Phi) is 10.5. The maximum atomic E-state index is 13.9. The molecule has 4 aromatic carbocycles. The van der Waals surface area contributed by atoms with Crippen LogP contribution in [0.2, 0.25) is 10.0 Å². The van der Waals surface area contributed by atoms with E-state index in [2.05, 4.69) is 21.2 Å². The van der Waals surface area contributed by atoms with Crippen molar-refractivity contribution in [1.82, 2.24) is 10.2 Å². The SMILES string of the molecule is CC(C)CNC(=O)C(Cc1ccccc1)N(Cc1ccc(Cl)c(Cl)c1)C(=O)COc1ccc2ccccc2c1Br. The van der Waals surface area contributed by atoms with Crippen molar-refractivity contribution in [2.75, 3.05) is 13.2 Å². The zero-order chi connectivity index (χ0) is 28.6. The molecule has 0 aliphatic carbocycles. The van der Waals surface area contributed by atoms with Gasteiger partial charge in [0, 0.05) is 19.5 Å². The van der Waals surface area contributed by atoms with E-state index in [1.807, 2.05) is 80.6 Å². The fourth-order valence-electron chi connectivity index (χ4n) is 4.36. The predicted molar refractivity (Wildman–Crippen MR) is 166 cm³/mol. The van der Waals surface area contributed by atoms with Gasteiger partial charge in [0.15, 0.2) is 6.61 Å². The molecular formula is C32H31BrCl2N2O3. The molecule has 0 heterocycles. The summed E-state index contributed by atoms with van der Waals surface area (Å²) in [4.78, 5) is 29.0. The van der Waals surface area contributed by atoms with Crippen LogP contribution in [0.1, 0.15) is 25.0 Å². The Bertz CT molecular complexity index is 1480. The second kappa shape index (κ2) is 14.0. The summed E-state index contributed by atoms with van der Waals surface area (Å²) < 4.78 is 6.80. The molecule has 0 aromatic heterocycles. The van der Waals surface area contributed by atoms with Crippen molar-refractivity contribution in [2.45, 2.75) is 32.9 Å². The maximum Gasteiger partial charge on any atom is 0.261 e. The zero-order valence-electron chi connectivity index (χ0n) is 22.4. The summed E-state index contributed by atoms with van der Waals surface area (Å²) in [5.41, 5.74) is 1.70. The molecule has 0 spiro atoms. The van der Waals surface area contributed by atoms with Crippen molar-refractivity contribution in [3.8, 4) is 5.75 Å². The molecule has 4 rings (SSSR count). The molecule has 0 saturated heterocycles. The Labute approximate surface area is 253 Å². The van der Waals surface area contributed by atoms with E-state index in [9.17, 15) is 9.59 Å². The van der Waals surface area contributed by atoms with Crippen molar-refractivity contribution < 1.29 is 14.3 Å². The monoisotopic (exact) mass is 640 g/mol. The van der Waals surface area contributed by atoms with Gasteiger partial charge in [-0.05, 0) is 61.9 Å². The minimum Gasteiger partial charge on any atom is -0.483 e. The van der Waals surface area contributed by atoms with Gasteiger partial charge in [0.2, 0.25) is 5.91 Å². The van der Waals surface area contributed by atoms with Gasteiger partial charge in [0.25, 0.3) is 5.91 Å². The first-order chi connectivity index (χ1) is 19.2. The number of benzene rings is 4. The van der Waals surface area contributed by atoms with Gasteiger partial charge in [0.05, 0.1) is 14.5 Å². The normalized spacial score (nSPS) is 11.8. The summed E-state index contributed by atoms with van der Waals surface area (Å²) in [6.45, 7) is 4.46. The minimum atomic E-state index is -0.772. The summed E-state index contributed by atoms with van der Waals surface area (Å²) in [5.74, 6) is 0.254. The smallest absolute Gasteiger partial charge is 0.261 e. The van der Waals surface area contributed by atoms with Crippen LogP contribution in [-0.2, 0) is 22.6 Å². The fraction of sp³-hybridized carbons (Fsp3) is 0.250. The standard InChI is InChI=1S/C32H31BrCl2N2O3/c1-21(2)18-36-32(39)28(17-22-8-4-3-5-9-22)37(19-23-12-14-26(34)27(35)16-23)30(38)20-40-29-15-13-24-10-6-7-11-25(24)31(29)33/h3-16,21,28H,17-20H2,1-2H3,(H,36,39). The molecule has 0 aliphatic heterocycles. The third-order valence-electron chi connectivity index (χ3n) is 6.47. The number of carbonyl (C=O) groups excluding carboxylic acids is 2. The van der Waals surface area contributed by atoms with E-state index >= 15 is 0 Å². The second-order valence-electron chi connectivity index (χ2n) is 10.0. The third-order valence-corrected chi connectivity index (χ3v) is 8.03. The van der Waals surface area contributed by atoms with Crippen molar-refractivity contribution in [2.24, 2.45) is 5.92 Å². The quantitative estimate of drug-likeness (QED) is 0.183. The highest BCUT2D eigenvalue weighted by Crippen LogP contribution is 2.33. The van der Waals surface area contributed by atoms with Crippen LogP contribution in [0.4, 0.5) is 0 Å². The van der Waals surface area contributed by atoms with E-state index in [1.165, 1.54) is 0 Å². The summed E-state index contributed by atoms with van der Waals surface area (Å²) >= 11 is 16.1. The van der Waals surface area contributed by atoms with E-state index in [-0.39, 0.29) is 30.9 Å². The van der Waals surface area contributed by atoms with Crippen LogP contribution in [-0.4, -0.2) is 35.9 Å². The van der Waals surface area contributed by atoms with Crippen LogP contribution < -0.4 is 10.1 Å². The zero-order valence-corrected chi connectivity index (χ0v) is 25.5. The number of ether oxygens (including phenoxy) is 1. The summed E-state index contributed by atoms with van der Waals surface area (Å²) in [5, 5.41) is 5.86. The first kappa shape index (κ1) is 29.9. The molecular weight excluding hydrogens is 611 g/mol. The largest absolute Gasteiger partial charge is 0.483 e. The Morgan fingerprint density at radius 2 is 1.62 bits per heavy atom. The number of nitrogens with zero attached hydrogens (tertiary/aromatic N) is 1. The van der Waals surface area contributed by atoms with Crippen molar-refractivity contribution >= 4 is 61.7 Å². The highest BCUT2D eigenvalue weighted by Gasteiger charge is 2.31. The van der Waals surface area contributed by atoms with Gasteiger partial charge in [-0.25, -0.2) is 0 Å². The van der Waals surface area contributed by atoms with Crippen LogP contribution >= 0.6 is 39.1 Å². The molecule has 0 aliphatic rings. The highest BCUT2D eigenvalue weighted by molar-refractivity contribution is 9.10. The number of halogens is 3. The van der Waals surface area contributed by atoms with Crippen LogP contribution in [0.25, 0.3) is 10.8 Å². The average Bonchev–Trinajstić information content (AvgIpc) is 2.95. The summed E-state index contributed by atoms with van der Waals surface area (Å²) in [6.07, 6.45) is 0.345. The molecule has 8 heteroatoms. The summed E-state index contributed by atoms with van der Waals surface area (Å²) in [6, 6.07) is 25.8. The molecule has 208 valence electrons. The van der Waals surface area contributed by atoms with Crippen LogP contribution in [0.5, 0.6) is 5.75 Å². The van der Waals surface area contributed by atoms with Crippen molar-refractivity contribution in [1.29, 1.82) is 0 Å². The number of hydrogen-bond donors (Lipinski definition) is 1. The molecule has 1 unspecified atom stereocenters. The minimum absolute atomic E-state index is 0.157.